The van der Waals surface area contributed by atoms with Gasteiger partial charge in [0.15, 0.2) is 5.96 Å². The van der Waals surface area contributed by atoms with E-state index in [9.17, 15) is 9.59 Å². The summed E-state index contributed by atoms with van der Waals surface area (Å²) < 4.78 is 9.80. The van der Waals surface area contributed by atoms with Crippen LogP contribution < -0.4 is 16.0 Å². The number of amides is 1. The zero-order valence-electron chi connectivity index (χ0n) is 17.7. The number of hydrogen-bond donors (Lipinski definition) is 3. The maximum Gasteiger partial charge on any atom is 0.407 e. The third kappa shape index (κ3) is 17.2. The molecule has 0 aliphatic heterocycles. The number of nitrogens with zero attached hydrogens (tertiary/aromatic N) is 1. The molecule has 0 unspecified atom stereocenters. The Kier molecular flexibility index (Phi) is 14.0. The highest BCUT2D eigenvalue weighted by Gasteiger charge is 2.15. The van der Waals surface area contributed by atoms with E-state index in [2.05, 4.69) is 25.7 Å². The number of nitrogens with one attached hydrogen (secondary N) is 3. The fraction of sp³-hybridized carbons (Fsp3) is 0.842. The molecule has 1 amide bonds. The van der Waals surface area contributed by atoms with Crippen LogP contribution in [0.1, 0.15) is 66.2 Å². The van der Waals surface area contributed by atoms with Crippen LogP contribution in [0, 0.1) is 0 Å². The molecule has 0 saturated heterocycles. The van der Waals surface area contributed by atoms with Gasteiger partial charge >= 0.3 is 12.1 Å². The van der Waals surface area contributed by atoms with Crippen molar-refractivity contribution in [2.24, 2.45) is 4.99 Å². The average Bonchev–Trinajstić information content (AvgIpc) is 2.58. The molecule has 0 aromatic carbocycles. The number of aliphatic imine (C=N–C) groups is 1. The molecule has 0 rings (SSSR count). The highest BCUT2D eigenvalue weighted by molar-refractivity contribution is 5.79. The normalized spacial score (nSPS) is 11.7. The molecule has 0 bridgehead atoms. The molecular weight excluding hydrogens is 348 g/mol. The highest BCUT2D eigenvalue weighted by atomic mass is 16.6. The van der Waals surface area contributed by atoms with E-state index < -0.39 is 11.7 Å². The quantitative estimate of drug-likeness (QED) is 0.206. The topological polar surface area (TPSA) is 101 Å². The van der Waals surface area contributed by atoms with E-state index >= 15 is 0 Å². The number of esters is 1. The molecular formula is C19H38N4O4. The first-order chi connectivity index (χ1) is 12.8. The molecule has 0 aliphatic carbocycles. The Hall–Kier alpha value is -1.99. The van der Waals surface area contributed by atoms with Gasteiger partial charge < -0.3 is 25.4 Å². The lowest BCUT2D eigenvalue weighted by molar-refractivity contribution is -0.140. The van der Waals surface area contributed by atoms with Gasteiger partial charge in [-0.3, -0.25) is 9.79 Å². The number of guanidine groups is 1. The molecule has 27 heavy (non-hydrogen) atoms. The molecule has 0 spiro atoms. The van der Waals surface area contributed by atoms with Crippen LogP contribution in [0.2, 0.25) is 0 Å². The molecule has 0 radical (unpaired) electrons. The molecule has 0 heterocycles. The van der Waals surface area contributed by atoms with Crippen molar-refractivity contribution in [1.29, 1.82) is 0 Å². The van der Waals surface area contributed by atoms with Crippen LogP contribution in [0.4, 0.5) is 4.79 Å². The summed E-state index contributed by atoms with van der Waals surface area (Å²) in [6, 6.07) is 0. The van der Waals surface area contributed by atoms with Crippen molar-refractivity contribution < 1.29 is 19.1 Å². The Bertz CT molecular complexity index is 447. The van der Waals surface area contributed by atoms with Crippen LogP contribution >= 0.6 is 0 Å². The van der Waals surface area contributed by atoms with E-state index in [1.54, 1.807) is 0 Å². The minimum atomic E-state index is -0.482. The zero-order valence-corrected chi connectivity index (χ0v) is 17.7. The van der Waals surface area contributed by atoms with Crippen LogP contribution in [0.15, 0.2) is 4.99 Å². The summed E-state index contributed by atoms with van der Waals surface area (Å²) in [5.74, 6) is 0.639. The standard InChI is InChI=1S/C19H38N4O4/c1-6-20-17(21-13-10-8-7-9-12-16(24)26-5)22-14-11-15-23-18(25)27-19(2,3)4/h6-15H2,1-5H3,(H,23,25)(H2,20,21,22). The van der Waals surface area contributed by atoms with Gasteiger partial charge in [-0.05, 0) is 47.0 Å². The largest absolute Gasteiger partial charge is 0.469 e. The van der Waals surface area contributed by atoms with E-state index in [4.69, 9.17) is 4.74 Å². The summed E-state index contributed by atoms with van der Waals surface area (Å²) in [5, 5.41) is 9.23. The first kappa shape index (κ1) is 25.0. The predicted molar refractivity (Wildman–Crippen MR) is 108 cm³/mol. The van der Waals surface area contributed by atoms with Crippen LogP contribution in [0.3, 0.4) is 0 Å². The summed E-state index contributed by atoms with van der Waals surface area (Å²) in [6.07, 6.45) is 4.79. The SMILES string of the molecule is CCNC(=NCCCNC(=O)OC(C)(C)C)NCCCCCCC(=O)OC. The highest BCUT2D eigenvalue weighted by Crippen LogP contribution is 2.06. The molecule has 158 valence electrons. The Balaban J connectivity index is 3.84. The molecule has 0 aromatic rings. The van der Waals surface area contributed by atoms with E-state index in [1.165, 1.54) is 7.11 Å². The maximum atomic E-state index is 11.5. The van der Waals surface area contributed by atoms with Gasteiger partial charge in [0.2, 0.25) is 0 Å². The van der Waals surface area contributed by atoms with Crippen molar-refractivity contribution in [1.82, 2.24) is 16.0 Å². The van der Waals surface area contributed by atoms with Crippen molar-refractivity contribution in [2.75, 3.05) is 33.3 Å². The van der Waals surface area contributed by atoms with Gasteiger partial charge in [0.1, 0.15) is 5.60 Å². The van der Waals surface area contributed by atoms with Gasteiger partial charge in [0.05, 0.1) is 7.11 Å². The minimum Gasteiger partial charge on any atom is -0.469 e. The number of methoxy groups -OCH3 is 1. The first-order valence-electron chi connectivity index (χ1n) is 9.84. The molecule has 0 aliphatic rings. The minimum absolute atomic E-state index is 0.143. The van der Waals surface area contributed by atoms with Crippen LogP contribution in [0.25, 0.3) is 0 Å². The fourth-order valence-corrected chi connectivity index (χ4v) is 2.17. The summed E-state index contributed by atoms with van der Waals surface area (Å²) in [6.45, 7) is 10.3. The van der Waals surface area contributed by atoms with Crippen LogP contribution in [-0.4, -0.2) is 56.9 Å². The molecule has 8 heteroatoms. The zero-order chi connectivity index (χ0) is 20.5. The number of carbonyl (C=O) groups is 2. The van der Waals surface area contributed by atoms with Gasteiger partial charge in [-0.25, -0.2) is 4.79 Å². The Morgan fingerprint density at radius 1 is 0.926 bits per heavy atom. The number of ether oxygens (including phenoxy) is 2. The Morgan fingerprint density at radius 2 is 1.59 bits per heavy atom. The van der Waals surface area contributed by atoms with E-state index in [0.717, 1.165) is 51.2 Å². The van der Waals surface area contributed by atoms with Crippen LogP contribution in [-0.2, 0) is 14.3 Å². The second-order valence-corrected chi connectivity index (χ2v) is 7.21. The maximum absolute atomic E-state index is 11.5. The summed E-state index contributed by atoms with van der Waals surface area (Å²) in [4.78, 5) is 27.1. The molecule has 0 aromatic heterocycles. The Labute approximate surface area is 163 Å². The van der Waals surface area contributed by atoms with Crippen molar-refractivity contribution in [2.45, 2.75) is 71.8 Å². The summed E-state index contributed by atoms with van der Waals surface area (Å²) >= 11 is 0. The van der Waals surface area contributed by atoms with E-state index in [1.807, 2.05) is 27.7 Å². The number of rotatable bonds is 12. The van der Waals surface area contributed by atoms with Gasteiger partial charge in [0.25, 0.3) is 0 Å². The monoisotopic (exact) mass is 386 g/mol. The second kappa shape index (κ2) is 15.1. The molecule has 8 nitrogen and oxygen atoms in total. The lowest BCUT2D eigenvalue weighted by Gasteiger charge is -2.19. The average molecular weight is 387 g/mol. The lowest BCUT2D eigenvalue weighted by Crippen LogP contribution is -2.38. The molecule has 3 N–H and O–H groups in total. The molecule has 0 saturated carbocycles. The summed E-state index contributed by atoms with van der Waals surface area (Å²) in [7, 11) is 1.42. The van der Waals surface area contributed by atoms with Gasteiger partial charge in [0, 0.05) is 32.6 Å². The van der Waals surface area contributed by atoms with Gasteiger partial charge in [-0.1, -0.05) is 12.8 Å². The lowest BCUT2D eigenvalue weighted by atomic mass is 10.1. The Morgan fingerprint density at radius 3 is 2.22 bits per heavy atom. The fourth-order valence-electron chi connectivity index (χ4n) is 2.17. The second-order valence-electron chi connectivity index (χ2n) is 7.21. The summed E-state index contributed by atoms with van der Waals surface area (Å²) in [5.41, 5.74) is -0.482. The third-order valence-corrected chi connectivity index (χ3v) is 3.45. The third-order valence-electron chi connectivity index (χ3n) is 3.45. The molecule has 0 atom stereocenters. The number of unbranched alkanes of at least 4 members (excludes halogenated alkanes) is 3. The van der Waals surface area contributed by atoms with E-state index in [0.29, 0.717) is 19.5 Å². The number of hydrogen-bond acceptors (Lipinski definition) is 5. The van der Waals surface area contributed by atoms with E-state index in [-0.39, 0.29) is 5.97 Å². The van der Waals surface area contributed by atoms with Crippen molar-refractivity contribution >= 4 is 18.0 Å². The molecule has 0 fully saturated rings. The van der Waals surface area contributed by atoms with Gasteiger partial charge in [-0.2, -0.15) is 0 Å². The predicted octanol–water partition coefficient (Wildman–Crippen LogP) is 2.58. The number of carbonyl (C=O) groups excluding carboxylic acids is 2. The van der Waals surface area contributed by atoms with Crippen molar-refractivity contribution in [3.8, 4) is 0 Å². The smallest absolute Gasteiger partial charge is 0.407 e. The first-order valence-corrected chi connectivity index (χ1v) is 9.84. The van der Waals surface area contributed by atoms with Crippen molar-refractivity contribution in [3.63, 3.8) is 0 Å². The van der Waals surface area contributed by atoms with Crippen LogP contribution in [0.5, 0.6) is 0 Å². The number of alkyl carbamates (subject to hydrolysis) is 1. The van der Waals surface area contributed by atoms with Crippen molar-refractivity contribution in [3.05, 3.63) is 0 Å². The van der Waals surface area contributed by atoms with Gasteiger partial charge in [-0.15, -0.1) is 0 Å².